The Hall–Kier alpha value is -0.620. The van der Waals surface area contributed by atoms with Crippen LogP contribution in [0.3, 0.4) is 0 Å². The number of Topliss-reactive ketones (excluding diaryl/α,β-unsaturated/α-hetero) is 1. The molecule has 0 radical (unpaired) electrons. The molecular weight excluding hydrogens is 319 g/mol. The molecule has 1 atom stereocenters. The lowest BCUT2D eigenvalue weighted by Gasteiger charge is -2.12. The van der Waals surface area contributed by atoms with Crippen molar-refractivity contribution in [1.29, 1.82) is 0 Å². The zero-order chi connectivity index (χ0) is 11.5. The summed E-state index contributed by atoms with van der Waals surface area (Å²) in [7, 11) is 1.58. The minimum absolute atomic E-state index is 0.0351. The van der Waals surface area contributed by atoms with Crippen LogP contribution in [0, 0.1) is 3.57 Å². The first-order chi connectivity index (χ1) is 7.72. The van der Waals surface area contributed by atoms with Crippen molar-refractivity contribution in [2.45, 2.75) is 18.9 Å². The quantitative estimate of drug-likeness (QED) is 0.631. The molecule has 0 bridgehead atoms. The van der Waals surface area contributed by atoms with Crippen LogP contribution in [0.1, 0.15) is 23.2 Å². The summed E-state index contributed by atoms with van der Waals surface area (Å²) in [5.41, 5.74) is 0.626. The number of ether oxygens (including phenoxy) is 2. The van der Waals surface area contributed by atoms with E-state index in [4.69, 9.17) is 9.47 Å². The van der Waals surface area contributed by atoms with Gasteiger partial charge in [-0.3, -0.25) is 4.79 Å². The number of benzene rings is 1. The molecule has 0 aromatic heterocycles. The summed E-state index contributed by atoms with van der Waals surface area (Å²) in [5.74, 6) is 0.661. The Morgan fingerprint density at radius 1 is 1.56 bits per heavy atom. The largest absolute Gasteiger partial charge is 0.496 e. The van der Waals surface area contributed by atoms with E-state index < -0.39 is 0 Å². The predicted molar refractivity (Wildman–Crippen MR) is 69.0 cm³/mol. The van der Waals surface area contributed by atoms with Gasteiger partial charge in [0.15, 0.2) is 5.78 Å². The van der Waals surface area contributed by atoms with Crippen LogP contribution in [-0.2, 0) is 4.74 Å². The van der Waals surface area contributed by atoms with E-state index in [0.717, 1.165) is 16.4 Å². The van der Waals surface area contributed by atoms with Gasteiger partial charge in [0.1, 0.15) is 11.9 Å². The molecule has 1 aliphatic heterocycles. The summed E-state index contributed by atoms with van der Waals surface area (Å²) in [6.45, 7) is 0.683. The third-order valence-corrected chi connectivity index (χ3v) is 3.32. The van der Waals surface area contributed by atoms with Crippen molar-refractivity contribution >= 4 is 28.4 Å². The molecule has 1 heterocycles. The molecule has 1 aromatic carbocycles. The molecule has 0 amide bonds. The maximum absolute atomic E-state index is 12.2. The second-order valence-corrected chi connectivity index (χ2v) is 4.96. The highest BCUT2D eigenvalue weighted by Gasteiger charge is 2.26. The Morgan fingerprint density at radius 3 is 3.00 bits per heavy atom. The molecule has 1 saturated heterocycles. The molecule has 0 N–H and O–H groups in total. The topological polar surface area (TPSA) is 35.5 Å². The minimum atomic E-state index is -0.285. The lowest BCUT2D eigenvalue weighted by molar-refractivity contribution is 0.0640. The third kappa shape index (κ3) is 2.38. The van der Waals surface area contributed by atoms with Gasteiger partial charge in [-0.1, -0.05) is 0 Å². The van der Waals surface area contributed by atoms with Crippen LogP contribution >= 0.6 is 22.6 Å². The summed E-state index contributed by atoms with van der Waals surface area (Å²) >= 11 is 2.19. The number of ketones is 1. The van der Waals surface area contributed by atoms with Crippen molar-refractivity contribution in [2.75, 3.05) is 13.7 Å². The highest BCUT2D eigenvalue weighted by Crippen LogP contribution is 2.25. The number of hydrogen-bond acceptors (Lipinski definition) is 3. The fourth-order valence-electron chi connectivity index (χ4n) is 1.83. The van der Waals surface area contributed by atoms with E-state index in [0.29, 0.717) is 17.9 Å². The molecule has 1 aliphatic rings. The molecule has 1 unspecified atom stereocenters. The Kier molecular flexibility index (Phi) is 3.81. The SMILES string of the molecule is COc1ccc(I)cc1C(=O)C1CCCO1. The average Bonchev–Trinajstić information content (AvgIpc) is 2.81. The Bertz CT molecular complexity index is 397. The summed E-state index contributed by atoms with van der Waals surface area (Å²) in [6.07, 6.45) is 1.49. The number of rotatable bonds is 3. The van der Waals surface area contributed by atoms with Crippen LogP contribution in [0.15, 0.2) is 18.2 Å². The monoisotopic (exact) mass is 332 g/mol. The highest BCUT2D eigenvalue weighted by atomic mass is 127. The van der Waals surface area contributed by atoms with Crippen LogP contribution in [0.4, 0.5) is 0 Å². The summed E-state index contributed by atoms with van der Waals surface area (Å²) < 4.78 is 11.6. The molecule has 0 spiro atoms. The van der Waals surface area contributed by atoms with Crippen LogP contribution in [0.2, 0.25) is 0 Å². The van der Waals surface area contributed by atoms with E-state index in [1.807, 2.05) is 18.2 Å². The number of carbonyl (C=O) groups excluding carboxylic acids is 1. The van der Waals surface area contributed by atoms with Crippen molar-refractivity contribution < 1.29 is 14.3 Å². The van der Waals surface area contributed by atoms with E-state index >= 15 is 0 Å². The molecule has 86 valence electrons. The van der Waals surface area contributed by atoms with E-state index in [9.17, 15) is 4.79 Å². The fraction of sp³-hybridized carbons (Fsp3) is 0.417. The summed E-state index contributed by atoms with van der Waals surface area (Å²) in [6, 6.07) is 5.60. The van der Waals surface area contributed by atoms with Crippen molar-refractivity contribution in [2.24, 2.45) is 0 Å². The van der Waals surface area contributed by atoms with Gasteiger partial charge in [0.25, 0.3) is 0 Å². The number of hydrogen-bond donors (Lipinski definition) is 0. The predicted octanol–water partition coefficient (Wildman–Crippen LogP) is 2.66. The maximum Gasteiger partial charge on any atom is 0.195 e. The van der Waals surface area contributed by atoms with Gasteiger partial charge in [0, 0.05) is 10.2 Å². The molecule has 16 heavy (non-hydrogen) atoms. The molecule has 4 heteroatoms. The van der Waals surface area contributed by atoms with E-state index in [-0.39, 0.29) is 11.9 Å². The first-order valence-corrected chi connectivity index (χ1v) is 6.29. The average molecular weight is 332 g/mol. The standard InChI is InChI=1S/C12H13IO3/c1-15-10-5-4-8(13)7-9(10)12(14)11-3-2-6-16-11/h4-5,7,11H,2-3,6H2,1H3. The van der Waals surface area contributed by atoms with Crippen molar-refractivity contribution in [1.82, 2.24) is 0 Å². The van der Waals surface area contributed by atoms with Gasteiger partial charge < -0.3 is 9.47 Å². The van der Waals surface area contributed by atoms with E-state index in [2.05, 4.69) is 22.6 Å². The molecule has 2 rings (SSSR count). The third-order valence-electron chi connectivity index (χ3n) is 2.65. The van der Waals surface area contributed by atoms with E-state index in [1.165, 1.54) is 0 Å². The Morgan fingerprint density at radius 2 is 2.38 bits per heavy atom. The minimum Gasteiger partial charge on any atom is -0.496 e. The van der Waals surface area contributed by atoms with Crippen molar-refractivity contribution in [3.8, 4) is 5.75 Å². The lowest BCUT2D eigenvalue weighted by atomic mass is 10.0. The van der Waals surface area contributed by atoms with Gasteiger partial charge in [-0.25, -0.2) is 0 Å². The second kappa shape index (κ2) is 5.14. The number of methoxy groups -OCH3 is 1. The Labute approximate surface area is 108 Å². The van der Waals surface area contributed by atoms with Crippen molar-refractivity contribution in [3.63, 3.8) is 0 Å². The first-order valence-electron chi connectivity index (χ1n) is 5.21. The zero-order valence-corrected chi connectivity index (χ0v) is 11.2. The number of carbonyl (C=O) groups is 1. The molecule has 3 nitrogen and oxygen atoms in total. The van der Waals surface area contributed by atoms with Crippen molar-refractivity contribution in [3.05, 3.63) is 27.3 Å². The zero-order valence-electron chi connectivity index (χ0n) is 9.03. The number of halogens is 1. The Balaban J connectivity index is 2.30. The van der Waals surface area contributed by atoms with Gasteiger partial charge in [-0.2, -0.15) is 0 Å². The molecule has 0 saturated carbocycles. The highest BCUT2D eigenvalue weighted by molar-refractivity contribution is 14.1. The van der Waals surface area contributed by atoms with Crippen LogP contribution in [-0.4, -0.2) is 25.6 Å². The smallest absolute Gasteiger partial charge is 0.195 e. The summed E-state index contributed by atoms with van der Waals surface area (Å²) in [4.78, 5) is 12.2. The molecule has 0 aliphatic carbocycles. The van der Waals surface area contributed by atoms with E-state index in [1.54, 1.807) is 7.11 Å². The first kappa shape index (κ1) is 11.9. The fourth-order valence-corrected chi connectivity index (χ4v) is 2.32. The van der Waals surface area contributed by atoms with Gasteiger partial charge in [-0.05, 0) is 53.6 Å². The molecule has 1 fully saturated rings. The van der Waals surface area contributed by atoms with Gasteiger partial charge in [0.2, 0.25) is 0 Å². The lowest BCUT2D eigenvalue weighted by Crippen LogP contribution is -2.20. The normalized spacial score (nSPS) is 19.8. The molecule has 1 aromatic rings. The summed E-state index contributed by atoms with van der Waals surface area (Å²) in [5, 5.41) is 0. The van der Waals surface area contributed by atoms with Gasteiger partial charge >= 0.3 is 0 Å². The second-order valence-electron chi connectivity index (χ2n) is 3.71. The van der Waals surface area contributed by atoms with Gasteiger partial charge in [0.05, 0.1) is 12.7 Å². The van der Waals surface area contributed by atoms with Gasteiger partial charge in [-0.15, -0.1) is 0 Å². The van der Waals surface area contributed by atoms with Crippen LogP contribution < -0.4 is 4.74 Å². The van der Waals surface area contributed by atoms with Crippen LogP contribution in [0.25, 0.3) is 0 Å². The van der Waals surface area contributed by atoms with Crippen LogP contribution in [0.5, 0.6) is 5.75 Å². The molecular formula is C12H13IO3. The maximum atomic E-state index is 12.2.